The van der Waals surface area contributed by atoms with Crippen LogP contribution in [0.2, 0.25) is 0 Å². The minimum absolute atomic E-state index is 0.0766. The van der Waals surface area contributed by atoms with Gasteiger partial charge in [0, 0.05) is 26.0 Å². The minimum atomic E-state index is -3.50. The topological polar surface area (TPSA) is 72.8 Å². The number of cyclic esters (lactones) is 1. The third-order valence-corrected chi connectivity index (χ3v) is 5.55. The average molecular weight is 418 g/mol. The summed E-state index contributed by atoms with van der Waals surface area (Å²) in [6.07, 6.45) is -11.6. The Morgan fingerprint density at radius 2 is 2.38 bits per heavy atom. The molecule has 0 aromatic heterocycles. The van der Waals surface area contributed by atoms with Gasteiger partial charge in [-0.25, -0.2) is 0 Å². The number of carbonyl (C=O) groups is 2. The van der Waals surface area contributed by atoms with Gasteiger partial charge in [-0.1, -0.05) is 45.8 Å². The third kappa shape index (κ3) is 5.30. The molecule has 0 aromatic rings. The fourth-order valence-corrected chi connectivity index (χ4v) is 3.77. The summed E-state index contributed by atoms with van der Waals surface area (Å²) in [7, 11) is 0. The van der Waals surface area contributed by atoms with E-state index >= 15 is 0 Å². The number of allylic oxidation sites excluding steroid dienone is 3. The number of hydrogen-bond donors (Lipinski definition) is 1. The highest BCUT2D eigenvalue weighted by molar-refractivity contribution is 5.72. The number of fused-ring (bicyclic) bond motifs is 1. The van der Waals surface area contributed by atoms with E-state index in [4.69, 9.17) is 27.3 Å². The van der Waals surface area contributed by atoms with Crippen molar-refractivity contribution in [3.63, 3.8) is 0 Å². The Kier molecular flexibility index (Phi) is 3.46. The van der Waals surface area contributed by atoms with E-state index in [9.17, 15) is 14.7 Å². The van der Waals surface area contributed by atoms with Crippen LogP contribution < -0.4 is 0 Å². The largest absolute Gasteiger partial charge is 0.462 e. The van der Waals surface area contributed by atoms with Gasteiger partial charge >= 0.3 is 11.9 Å². The molecule has 0 radical (unpaired) electrons. The maximum absolute atomic E-state index is 13.1. The van der Waals surface area contributed by atoms with Crippen molar-refractivity contribution in [3.05, 3.63) is 23.7 Å². The van der Waals surface area contributed by atoms with Crippen LogP contribution in [-0.4, -0.2) is 35.4 Å². The molecule has 0 spiro atoms. The van der Waals surface area contributed by atoms with Gasteiger partial charge in [0.1, 0.15) is 12.2 Å². The third-order valence-electron chi connectivity index (χ3n) is 5.55. The van der Waals surface area contributed by atoms with Gasteiger partial charge in [-0.3, -0.25) is 9.59 Å². The number of hydrogen-bond acceptors (Lipinski definition) is 5. The van der Waals surface area contributed by atoms with Crippen LogP contribution >= 0.6 is 0 Å². The summed E-state index contributed by atoms with van der Waals surface area (Å²) in [6, 6.07) is -2.54. The molecule has 0 aromatic carbocycles. The zero-order chi connectivity index (χ0) is 32.6. The molecule has 0 bridgehead atoms. The average Bonchev–Trinajstić information content (AvgIpc) is 2.86. The summed E-state index contributed by atoms with van der Waals surface area (Å²) in [5, 5.41) is 10.2. The van der Waals surface area contributed by atoms with Gasteiger partial charge < -0.3 is 14.6 Å². The van der Waals surface area contributed by atoms with E-state index in [-0.39, 0.29) is 25.7 Å². The normalized spacial score (nSPS) is 55.5. The van der Waals surface area contributed by atoms with Gasteiger partial charge in [-0.05, 0) is 48.9 Å². The van der Waals surface area contributed by atoms with E-state index in [0.29, 0.717) is 0 Å². The van der Waals surface area contributed by atoms with Crippen LogP contribution in [0.15, 0.2) is 23.7 Å². The lowest BCUT2D eigenvalue weighted by Gasteiger charge is -2.43. The maximum atomic E-state index is 13.1. The molecular formula is C24H36O5. The van der Waals surface area contributed by atoms with E-state index in [0.717, 1.165) is 0 Å². The second kappa shape index (κ2) is 9.46. The highest BCUT2D eigenvalue weighted by Crippen LogP contribution is 2.45. The van der Waals surface area contributed by atoms with Gasteiger partial charge in [0.25, 0.3) is 0 Å². The molecule has 1 unspecified atom stereocenters. The molecule has 3 aliphatic rings. The van der Waals surface area contributed by atoms with Crippen molar-refractivity contribution >= 4 is 11.9 Å². The van der Waals surface area contributed by atoms with Crippen LogP contribution in [0.4, 0.5) is 0 Å². The number of aliphatic hydroxyl groups excluding tert-OH is 1. The summed E-state index contributed by atoms with van der Waals surface area (Å²) >= 11 is 0. The van der Waals surface area contributed by atoms with E-state index in [1.54, 1.807) is 0 Å². The Bertz CT molecular complexity index is 1190. The fraction of sp³-hybridized carbons (Fsp3) is 0.750. The van der Waals surface area contributed by atoms with Crippen molar-refractivity contribution in [1.82, 2.24) is 0 Å². The Morgan fingerprint density at radius 1 is 1.59 bits per heavy atom. The first-order valence-corrected chi connectivity index (χ1v) is 9.81. The van der Waals surface area contributed by atoms with Gasteiger partial charge in [0.05, 0.1) is 22.5 Å². The molecule has 1 heterocycles. The van der Waals surface area contributed by atoms with Crippen LogP contribution in [0.3, 0.4) is 0 Å². The summed E-state index contributed by atoms with van der Waals surface area (Å²) in [5.41, 5.74) is -0.533. The molecule has 3 rings (SSSR count). The molecule has 162 valence electrons. The molecule has 5 heteroatoms. The zero-order valence-corrected chi connectivity index (χ0v) is 16.8. The molecule has 29 heavy (non-hydrogen) atoms. The van der Waals surface area contributed by atoms with Crippen LogP contribution in [0, 0.1) is 29.5 Å². The monoisotopic (exact) mass is 417 g/mol. The molecule has 1 fully saturated rings. The highest BCUT2D eigenvalue weighted by Gasteiger charge is 2.42. The van der Waals surface area contributed by atoms with Crippen LogP contribution in [0.5, 0.6) is 0 Å². The molecule has 0 saturated carbocycles. The molecule has 2 aliphatic carbocycles. The van der Waals surface area contributed by atoms with E-state index in [1.165, 1.54) is 20.8 Å². The first-order valence-electron chi connectivity index (χ1n) is 16.3. The summed E-state index contributed by atoms with van der Waals surface area (Å²) < 4.78 is 120. The van der Waals surface area contributed by atoms with Crippen molar-refractivity contribution in [2.45, 2.75) is 84.4 Å². The Morgan fingerprint density at radius 3 is 3.07 bits per heavy atom. The lowest BCUT2D eigenvalue weighted by atomic mass is 9.65. The van der Waals surface area contributed by atoms with E-state index < -0.39 is 103 Å². The SMILES string of the molecule is [2H]C1=C([2H])[C@]([2H])(C)[C@H](CCC2C[C@@H](O)C([2H])([2H])C(=O)O2)[C@@H]2C1=C([2H])[C@]([2H])(C([2H])([2H])[2H])C([2H])([2H])[C@@H]2OC(=O)[C@@]([2H])(C)CC. The number of aliphatic hydroxyl groups is 1. The lowest BCUT2D eigenvalue weighted by Crippen LogP contribution is -2.42. The van der Waals surface area contributed by atoms with Crippen LogP contribution in [0.25, 0.3) is 0 Å². The van der Waals surface area contributed by atoms with Crippen LogP contribution in [-0.2, 0) is 19.1 Å². The van der Waals surface area contributed by atoms with Crippen molar-refractivity contribution in [2.24, 2.45) is 29.5 Å². The van der Waals surface area contributed by atoms with Gasteiger partial charge in [-0.2, -0.15) is 0 Å². The van der Waals surface area contributed by atoms with Gasteiger partial charge in [-0.15, -0.1) is 0 Å². The van der Waals surface area contributed by atoms with Crippen molar-refractivity contribution in [3.8, 4) is 0 Å². The van der Waals surface area contributed by atoms with Crippen molar-refractivity contribution < 1.29 is 42.0 Å². The second-order valence-corrected chi connectivity index (χ2v) is 7.58. The first kappa shape index (κ1) is 10.6. The van der Waals surface area contributed by atoms with E-state index in [2.05, 4.69) is 0 Å². The van der Waals surface area contributed by atoms with E-state index in [1.807, 2.05) is 0 Å². The maximum Gasteiger partial charge on any atom is 0.308 e. The first-order chi connectivity index (χ1) is 18.8. The quantitative estimate of drug-likeness (QED) is 0.656. The van der Waals surface area contributed by atoms with Crippen molar-refractivity contribution in [1.29, 1.82) is 0 Å². The number of rotatable bonds is 6. The van der Waals surface area contributed by atoms with Crippen molar-refractivity contribution in [2.75, 3.05) is 0 Å². The molecule has 8 atom stereocenters. The van der Waals surface area contributed by atoms with Crippen LogP contribution in [0.1, 0.15) is 83.9 Å². The molecular weight excluding hydrogens is 368 g/mol. The smallest absolute Gasteiger partial charge is 0.308 e. The zero-order valence-electron chi connectivity index (χ0n) is 29.8. The molecule has 1 saturated heterocycles. The Hall–Kier alpha value is -1.62. The molecule has 1 N–H and O–H groups in total. The minimum Gasteiger partial charge on any atom is -0.462 e. The number of carbonyl (C=O) groups excluding carboxylic acids is 2. The molecule has 0 amide bonds. The highest BCUT2D eigenvalue weighted by atomic mass is 16.5. The Labute approximate surface area is 192 Å². The predicted molar refractivity (Wildman–Crippen MR) is 111 cm³/mol. The lowest BCUT2D eigenvalue weighted by molar-refractivity contribution is -0.162. The Balaban J connectivity index is 2.22. The predicted octanol–water partition coefficient (Wildman–Crippen LogP) is 4.20. The summed E-state index contributed by atoms with van der Waals surface area (Å²) in [4.78, 5) is 25.3. The standard InChI is InChI=1S/C24H36O5/c1-5-15(3)24(27)29-21-11-14(2)10-17-7-6-16(4)20(23(17)21)9-8-19-12-18(25)13-22(26)28-19/h6-7,10,14-16,18-21,23,25H,5,8-9,11-13H2,1-4H3/t14-,15-,16-,18+,19?,20-,21-,23-/m0/s1/i2D3,6D,7D,10D,11D2,13D2,14D,15D,16D. The second-order valence-electron chi connectivity index (χ2n) is 7.58. The molecule has 5 nitrogen and oxygen atoms in total. The van der Waals surface area contributed by atoms with Gasteiger partial charge in [0.2, 0.25) is 0 Å². The summed E-state index contributed by atoms with van der Waals surface area (Å²) in [5.74, 6) is -12.7. The fourth-order valence-electron chi connectivity index (χ4n) is 3.77. The molecule has 1 aliphatic heterocycles. The van der Waals surface area contributed by atoms with Gasteiger partial charge in [0.15, 0.2) is 0 Å². The number of ether oxygens (including phenoxy) is 2. The summed E-state index contributed by atoms with van der Waals surface area (Å²) in [6.45, 7) is 0.440. The number of esters is 2.